The molecule has 20 heteroatoms. The van der Waals surface area contributed by atoms with Gasteiger partial charge in [0.1, 0.15) is 24.2 Å². The Morgan fingerprint density at radius 2 is 0.690 bits per heavy atom. The average Bonchev–Trinajstić information content (AvgIpc) is 4.19. The Morgan fingerprint density at radius 1 is 0.417 bits per heavy atom. The molecule has 0 aliphatic rings. The van der Waals surface area contributed by atoms with Crippen LogP contribution in [0.5, 0.6) is 0 Å². The number of carbonyl (C=O) groups is 8. The Morgan fingerprint density at radius 3 is 0.940 bits per heavy atom. The van der Waals surface area contributed by atoms with Crippen molar-refractivity contribution < 1.29 is 57.3 Å². The van der Waals surface area contributed by atoms with Crippen LogP contribution in [0.4, 0.5) is 0 Å². The van der Waals surface area contributed by atoms with Gasteiger partial charge in [-0.2, -0.15) is 10.2 Å². The molecule has 0 bridgehead atoms. The van der Waals surface area contributed by atoms with Crippen molar-refractivity contribution in [2.24, 2.45) is 23.7 Å². The highest BCUT2D eigenvalue weighted by Gasteiger charge is 2.39. The standard InChI is InChI=1S/2C32H48N4O6/c2*1-21(2)17-27(34(7)8)31(39)42-29(19-25-11-13-26(14-12-25)20-36-16-10-15-33-36)30(38)35(9)28(18-22(3)4)32(40)41-24(6)23(5)37/h2*10-16,21-22,24,27-29H,17-20H2,1-9H3/t2*24-,27+,28+,29-/m11/s1. The van der Waals surface area contributed by atoms with Crippen LogP contribution in [0.2, 0.25) is 0 Å². The summed E-state index contributed by atoms with van der Waals surface area (Å²) in [6, 6.07) is 16.2. The van der Waals surface area contributed by atoms with Crippen molar-refractivity contribution >= 4 is 47.3 Å². The largest absolute Gasteiger partial charge is 0.453 e. The third kappa shape index (κ3) is 23.9. The van der Waals surface area contributed by atoms with Crippen molar-refractivity contribution in [3.63, 3.8) is 0 Å². The van der Waals surface area contributed by atoms with Crippen LogP contribution in [-0.4, -0.2) is 177 Å². The molecule has 0 aliphatic carbocycles. The summed E-state index contributed by atoms with van der Waals surface area (Å²) >= 11 is 0. The fourth-order valence-corrected chi connectivity index (χ4v) is 9.03. The monoisotopic (exact) mass is 1170 g/mol. The Bertz CT molecular complexity index is 2500. The van der Waals surface area contributed by atoms with Gasteiger partial charge < -0.3 is 28.7 Å². The number of Topliss-reactive ketones (excluding diaryl/α,β-unsaturated/α-hetero) is 2. The van der Waals surface area contributed by atoms with Crippen LogP contribution in [-0.2, 0) is 83.2 Å². The maximum absolute atomic E-state index is 14.0. The summed E-state index contributed by atoms with van der Waals surface area (Å²) in [5, 5.41) is 8.47. The van der Waals surface area contributed by atoms with Crippen molar-refractivity contribution in [2.45, 2.75) is 183 Å². The molecular formula is C64H96N8O12. The van der Waals surface area contributed by atoms with E-state index in [1.165, 1.54) is 51.6 Å². The number of hydrogen-bond acceptors (Lipinski definition) is 16. The molecule has 0 N–H and O–H groups in total. The predicted molar refractivity (Wildman–Crippen MR) is 321 cm³/mol. The van der Waals surface area contributed by atoms with Gasteiger partial charge in [-0.25, -0.2) is 9.59 Å². The van der Waals surface area contributed by atoms with Crippen LogP contribution >= 0.6 is 0 Å². The van der Waals surface area contributed by atoms with Crippen molar-refractivity contribution in [3.05, 3.63) is 108 Å². The summed E-state index contributed by atoms with van der Waals surface area (Å²) in [6.45, 7) is 22.7. The van der Waals surface area contributed by atoms with E-state index in [1.807, 2.05) is 138 Å². The van der Waals surface area contributed by atoms with Gasteiger partial charge in [-0.15, -0.1) is 0 Å². The van der Waals surface area contributed by atoms with Gasteiger partial charge in [0.05, 0.1) is 13.1 Å². The van der Waals surface area contributed by atoms with Gasteiger partial charge in [-0.1, -0.05) is 104 Å². The van der Waals surface area contributed by atoms with Gasteiger partial charge >= 0.3 is 23.9 Å². The molecule has 2 aromatic heterocycles. The first-order valence-electron chi connectivity index (χ1n) is 29.2. The number of carbonyl (C=O) groups excluding carboxylic acids is 8. The number of likely N-dealkylation sites (N-methyl/N-ethyl adjacent to an activating group) is 4. The molecule has 2 amide bonds. The molecule has 2 heterocycles. The zero-order chi connectivity index (χ0) is 63.1. The fraction of sp³-hybridized carbons (Fsp3) is 0.594. The van der Waals surface area contributed by atoms with Crippen molar-refractivity contribution in [1.29, 1.82) is 0 Å². The quantitative estimate of drug-likeness (QED) is 0.0341. The van der Waals surface area contributed by atoms with Crippen LogP contribution in [0.15, 0.2) is 85.5 Å². The Balaban J connectivity index is 0.000000440. The van der Waals surface area contributed by atoms with Crippen molar-refractivity contribution in [3.8, 4) is 0 Å². The molecule has 464 valence electrons. The van der Waals surface area contributed by atoms with Crippen LogP contribution in [0.1, 0.15) is 131 Å². The zero-order valence-electron chi connectivity index (χ0n) is 53.1. The van der Waals surface area contributed by atoms with Gasteiger partial charge in [-0.3, -0.25) is 47.9 Å². The molecule has 0 spiro atoms. The van der Waals surface area contributed by atoms with Gasteiger partial charge in [0.15, 0.2) is 36.0 Å². The Kier molecular flexibility index (Phi) is 29.4. The Hall–Kier alpha value is -7.06. The summed E-state index contributed by atoms with van der Waals surface area (Å²) in [6.07, 6.45) is 5.05. The van der Waals surface area contributed by atoms with E-state index in [0.717, 1.165) is 22.3 Å². The van der Waals surface area contributed by atoms with E-state index < -0.39 is 84.3 Å². The first-order chi connectivity index (χ1) is 39.4. The second-order valence-corrected chi connectivity index (χ2v) is 24.1. The van der Waals surface area contributed by atoms with Gasteiger partial charge in [0, 0.05) is 51.7 Å². The number of esters is 4. The van der Waals surface area contributed by atoms with E-state index >= 15 is 0 Å². The third-order valence-corrected chi connectivity index (χ3v) is 14.2. The maximum Gasteiger partial charge on any atom is 0.329 e. The summed E-state index contributed by atoms with van der Waals surface area (Å²) in [7, 11) is 10.3. The number of benzene rings is 2. The summed E-state index contributed by atoms with van der Waals surface area (Å²) in [4.78, 5) is 111. The summed E-state index contributed by atoms with van der Waals surface area (Å²) in [5.74, 6) is -3.35. The molecule has 0 aliphatic heterocycles. The second-order valence-electron chi connectivity index (χ2n) is 24.1. The molecule has 8 atom stereocenters. The van der Waals surface area contributed by atoms with E-state index in [-0.39, 0.29) is 48.1 Å². The highest BCUT2D eigenvalue weighted by molar-refractivity contribution is 5.92. The molecule has 0 saturated heterocycles. The van der Waals surface area contributed by atoms with Crippen LogP contribution in [0.25, 0.3) is 0 Å². The molecule has 0 unspecified atom stereocenters. The normalized spacial score (nSPS) is 14.4. The molecule has 4 aromatic rings. The van der Waals surface area contributed by atoms with Crippen molar-refractivity contribution in [2.75, 3.05) is 42.3 Å². The first kappa shape index (κ1) is 71.2. The lowest BCUT2D eigenvalue weighted by atomic mass is 10.00. The highest BCUT2D eigenvalue weighted by atomic mass is 16.6. The number of nitrogens with zero attached hydrogens (tertiary/aromatic N) is 8. The van der Waals surface area contributed by atoms with E-state index in [4.69, 9.17) is 18.9 Å². The van der Waals surface area contributed by atoms with Gasteiger partial charge in [0.2, 0.25) is 0 Å². The van der Waals surface area contributed by atoms with E-state index in [9.17, 15) is 38.4 Å². The zero-order valence-corrected chi connectivity index (χ0v) is 53.1. The smallest absolute Gasteiger partial charge is 0.329 e. The first-order valence-corrected chi connectivity index (χ1v) is 29.2. The van der Waals surface area contributed by atoms with Gasteiger partial charge in [0.25, 0.3) is 11.8 Å². The van der Waals surface area contributed by atoms with E-state index in [1.54, 1.807) is 50.4 Å². The van der Waals surface area contributed by atoms with E-state index in [2.05, 4.69) is 10.2 Å². The number of hydrogen-bond donors (Lipinski definition) is 0. The molecule has 2 aromatic carbocycles. The lowest BCUT2D eigenvalue weighted by Gasteiger charge is -2.32. The number of ether oxygens (including phenoxy) is 4. The molecule has 0 saturated carbocycles. The predicted octanol–water partition coefficient (Wildman–Crippen LogP) is 7.51. The number of amides is 2. The minimum Gasteiger partial charge on any atom is -0.453 e. The third-order valence-electron chi connectivity index (χ3n) is 14.2. The fourth-order valence-electron chi connectivity index (χ4n) is 9.03. The molecular weight excluding hydrogens is 1070 g/mol. The molecule has 20 nitrogen and oxygen atoms in total. The molecule has 4 rings (SSSR count). The lowest BCUT2D eigenvalue weighted by Crippen LogP contribution is -2.51. The molecule has 0 radical (unpaired) electrons. The highest BCUT2D eigenvalue weighted by Crippen LogP contribution is 2.23. The lowest BCUT2D eigenvalue weighted by molar-refractivity contribution is -0.169. The minimum absolute atomic E-state index is 0.0536. The van der Waals surface area contributed by atoms with Crippen LogP contribution in [0, 0.1) is 23.7 Å². The average molecular weight is 1170 g/mol. The molecule has 84 heavy (non-hydrogen) atoms. The Labute approximate surface area is 498 Å². The summed E-state index contributed by atoms with van der Waals surface area (Å²) in [5.41, 5.74) is 3.67. The SMILES string of the molecule is CC(=O)[C@@H](C)OC(=O)[C@H](CC(C)C)N(C)C(=O)[C@@H](Cc1ccc(Cn2cccn2)cc1)OC(=O)[C@H](CC(C)C)N(C)C.CC(=O)[C@@H](C)OC(=O)[C@H](CC(C)C)N(C)C(=O)[C@@H](Cc1ccc(Cn2cccn2)cc1)OC(=O)[C@H](CC(C)C)N(C)C. The van der Waals surface area contributed by atoms with Crippen LogP contribution in [0.3, 0.4) is 0 Å². The second kappa shape index (κ2) is 34.7. The van der Waals surface area contributed by atoms with E-state index in [0.29, 0.717) is 38.8 Å². The van der Waals surface area contributed by atoms with Crippen molar-refractivity contribution in [1.82, 2.24) is 39.2 Å². The maximum atomic E-state index is 14.0. The number of rotatable bonds is 32. The number of aromatic nitrogens is 4. The minimum atomic E-state index is -1.17. The number of ketones is 2. The molecule has 0 fully saturated rings. The summed E-state index contributed by atoms with van der Waals surface area (Å²) < 4.78 is 26.3. The van der Waals surface area contributed by atoms with Crippen LogP contribution < -0.4 is 0 Å². The topological polar surface area (TPSA) is 222 Å². The van der Waals surface area contributed by atoms with Gasteiger partial charge in [-0.05, 0) is 140 Å².